The van der Waals surface area contributed by atoms with E-state index >= 15 is 0 Å². The Balaban J connectivity index is 1.79. The molecule has 1 saturated heterocycles. The fourth-order valence-corrected chi connectivity index (χ4v) is 2.54. The molecule has 0 radical (unpaired) electrons. The van der Waals surface area contributed by atoms with E-state index in [1.807, 2.05) is 24.3 Å². The molecule has 1 aliphatic rings. The smallest absolute Gasteiger partial charge is 0.258 e. The predicted molar refractivity (Wildman–Crippen MR) is 84.2 cm³/mol. The van der Waals surface area contributed by atoms with E-state index < -0.39 is 0 Å². The fourth-order valence-electron chi connectivity index (χ4n) is 2.54. The molecule has 1 aliphatic heterocycles. The van der Waals surface area contributed by atoms with Crippen LogP contribution in [-0.4, -0.2) is 30.7 Å². The molecule has 0 bridgehead atoms. The Labute approximate surface area is 128 Å². The van der Waals surface area contributed by atoms with Gasteiger partial charge in [0.1, 0.15) is 5.75 Å². The molecular formula is C17H19NO4. The van der Waals surface area contributed by atoms with E-state index in [0.29, 0.717) is 43.9 Å². The van der Waals surface area contributed by atoms with E-state index in [4.69, 9.17) is 14.2 Å². The second-order valence-electron chi connectivity index (χ2n) is 5.09. The number of aromatic nitrogens is 1. The van der Waals surface area contributed by atoms with Crippen molar-refractivity contribution in [3.8, 4) is 5.75 Å². The number of allylic oxidation sites excluding steroid dienone is 1. The van der Waals surface area contributed by atoms with Crippen LogP contribution in [0.15, 0.2) is 47.9 Å². The van der Waals surface area contributed by atoms with Crippen molar-refractivity contribution in [3.63, 3.8) is 0 Å². The highest BCUT2D eigenvalue weighted by molar-refractivity contribution is 5.87. The molecule has 2 aromatic rings. The summed E-state index contributed by atoms with van der Waals surface area (Å²) in [5.74, 6) is 0.707. The summed E-state index contributed by atoms with van der Waals surface area (Å²) in [5, 5.41) is 1.47. The van der Waals surface area contributed by atoms with Gasteiger partial charge in [-0.25, -0.2) is 0 Å². The number of pyridine rings is 1. The van der Waals surface area contributed by atoms with Gasteiger partial charge in [-0.3, -0.25) is 4.79 Å². The standard InChI is InChI=1S/C17H19NO4/c1-2-8-18-9-6-13-14(17(18)19)4-3-5-15(13)20-10-7-16-21-11-12-22-16/h2-6,9,16H,1,7-8,10-12H2. The zero-order valence-corrected chi connectivity index (χ0v) is 12.4. The lowest BCUT2D eigenvalue weighted by molar-refractivity contribution is -0.0530. The molecular weight excluding hydrogens is 282 g/mol. The number of benzene rings is 1. The highest BCUT2D eigenvalue weighted by Gasteiger charge is 2.16. The minimum absolute atomic E-state index is 0.0368. The minimum atomic E-state index is -0.181. The third kappa shape index (κ3) is 3.05. The van der Waals surface area contributed by atoms with Gasteiger partial charge in [0.2, 0.25) is 0 Å². The van der Waals surface area contributed by atoms with E-state index in [0.717, 1.165) is 5.39 Å². The SMILES string of the molecule is C=CCn1ccc2c(OCCC3OCCO3)cccc2c1=O. The van der Waals surface area contributed by atoms with Gasteiger partial charge in [0.05, 0.1) is 25.2 Å². The van der Waals surface area contributed by atoms with Crippen LogP contribution in [0, 0.1) is 0 Å². The molecule has 0 N–H and O–H groups in total. The van der Waals surface area contributed by atoms with Crippen LogP contribution in [0.1, 0.15) is 6.42 Å². The number of nitrogens with zero attached hydrogens (tertiary/aromatic N) is 1. The average Bonchev–Trinajstić information content (AvgIpc) is 3.04. The number of fused-ring (bicyclic) bond motifs is 1. The van der Waals surface area contributed by atoms with Gasteiger partial charge >= 0.3 is 0 Å². The maximum Gasteiger partial charge on any atom is 0.258 e. The molecule has 0 saturated carbocycles. The highest BCUT2D eigenvalue weighted by atomic mass is 16.7. The summed E-state index contributed by atoms with van der Waals surface area (Å²) < 4.78 is 18.2. The predicted octanol–water partition coefficient (Wildman–Crippen LogP) is 2.33. The minimum Gasteiger partial charge on any atom is -0.493 e. The van der Waals surface area contributed by atoms with E-state index in [2.05, 4.69) is 6.58 Å². The summed E-state index contributed by atoms with van der Waals surface area (Å²) in [6, 6.07) is 7.42. The molecule has 1 aromatic heterocycles. The van der Waals surface area contributed by atoms with Crippen LogP contribution in [-0.2, 0) is 16.0 Å². The molecule has 1 aromatic carbocycles. The highest BCUT2D eigenvalue weighted by Crippen LogP contribution is 2.23. The molecule has 0 spiro atoms. The van der Waals surface area contributed by atoms with Gasteiger partial charge in [0.15, 0.2) is 6.29 Å². The second kappa shape index (κ2) is 6.77. The van der Waals surface area contributed by atoms with Crippen LogP contribution in [0.2, 0.25) is 0 Å². The Morgan fingerprint density at radius 1 is 1.27 bits per heavy atom. The van der Waals surface area contributed by atoms with Crippen LogP contribution < -0.4 is 10.3 Å². The Kier molecular flexibility index (Phi) is 4.56. The van der Waals surface area contributed by atoms with Crippen LogP contribution in [0.4, 0.5) is 0 Å². The van der Waals surface area contributed by atoms with Gasteiger partial charge in [0.25, 0.3) is 5.56 Å². The molecule has 22 heavy (non-hydrogen) atoms. The Bertz CT molecular complexity index is 716. The normalized spacial score (nSPS) is 15.3. The zero-order chi connectivity index (χ0) is 15.4. The van der Waals surface area contributed by atoms with E-state index in [9.17, 15) is 4.79 Å². The van der Waals surface area contributed by atoms with Crippen molar-refractivity contribution in [2.45, 2.75) is 19.3 Å². The van der Waals surface area contributed by atoms with Crippen molar-refractivity contribution in [1.82, 2.24) is 4.57 Å². The monoisotopic (exact) mass is 301 g/mol. The quantitative estimate of drug-likeness (QED) is 0.768. The van der Waals surface area contributed by atoms with Crippen LogP contribution in [0.5, 0.6) is 5.75 Å². The van der Waals surface area contributed by atoms with Crippen LogP contribution in [0.3, 0.4) is 0 Å². The van der Waals surface area contributed by atoms with Gasteiger partial charge in [0, 0.05) is 24.5 Å². The lowest BCUT2D eigenvalue weighted by Gasteiger charge is -2.12. The molecule has 0 amide bonds. The molecule has 5 nitrogen and oxygen atoms in total. The van der Waals surface area contributed by atoms with Gasteiger partial charge in [-0.05, 0) is 18.2 Å². The summed E-state index contributed by atoms with van der Waals surface area (Å²) >= 11 is 0. The van der Waals surface area contributed by atoms with E-state index in [1.54, 1.807) is 16.8 Å². The van der Waals surface area contributed by atoms with Crippen molar-refractivity contribution in [2.75, 3.05) is 19.8 Å². The molecule has 0 atom stereocenters. The van der Waals surface area contributed by atoms with Crippen molar-refractivity contribution >= 4 is 10.8 Å². The van der Waals surface area contributed by atoms with Gasteiger partial charge < -0.3 is 18.8 Å². The fraction of sp³-hybridized carbons (Fsp3) is 0.353. The molecule has 0 aliphatic carbocycles. The Morgan fingerprint density at radius 3 is 2.86 bits per heavy atom. The lowest BCUT2D eigenvalue weighted by atomic mass is 10.1. The van der Waals surface area contributed by atoms with Gasteiger partial charge in [-0.1, -0.05) is 12.1 Å². The number of hydrogen-bond donors (Lipinski definition) is 0. The summed E-state index contributed by atoms with van der Waals surface area (Å²) in [7, 11) is 0. The number of ether oxygens (including phenoxy) is 3. The van der Waals surface area contributed by atoms with Crippen molar-refractivity contribution < 1.29 is 14.2 Å². The summed E-state index contributed by atoms with van der Waals surface area (Å²) in [4.78, 5) is 12.4. The summed E-state index contributed by atoms with van der Waals surface area (Å²) in [6.45, 7) is 5.93. The maximum atomic E-state index is 12.4. The molecule has 1 fully saturated rings. The summed E-state index contributed by atoms with van der Waals surface area (Å²) in [5.41, 5.74) is -0.0368. The number of hydrogen-bond acceptors (Lipinski definition) is 4. The molecule has 3 rings (SSSR count). The summed E-state index contributed by atoms with van der Waals surface area (Å²) in [6.07, 6.45) is 3.96. The van der Waals surface area contributed by atoms with Crippen molar-refractivity contribution in [3.05, 3.63) is 53.5 Å². The largest absolute Gasteiger partial charge is 0.493 e. The first-order chi connectivity index (χ1) is 10.8. The molecule has 5 heteroatoms. The van der Waals surface area contributed by atoms with E-state index in [-0.39, 0.29) is 11.8 Å². The van der Waals surface area contributed by atoms with E-state index in [1.165, 1.54) is 0 Å². The molecule has 2 heterocycles. The Morgan fingerprint density at radius 2 is 2.09 bits per heavy atom. The average molecular weight is 301 g/mol. The number of rotatable bonds is 6. The molecule has 116 valence electrons. The second-order valence-corrected chi connectivity index (χ2v) is 5.09. The third-order valence-electron chi connectivity index (χ3n) is 3.61. The first-order valence-corrected chi connectivity index (χ1v) is 7.38. The zero-order valence-electron chi connectivity index (χ0n) is 12.4. The van der Waals surface area contributed by atoms with Gasteiger partial charge in [-0.2, -0.15) is 0 Å². The Hall–Kier alpha value is -2.11. The lowest BCUT2D eigenvalue weighted by Crippen LogP contribution is -2.19. The van der Waals surface area contributed by atoms with Crippen molar-refractivity contribution in [1.29, 1.82) is 0 Å². The van der Waals surface area contributed by atoms with Gasteiger partial charge in [-0.15, -0.1) is 6.58 Å². The van der Waals surface area contributed by atoms with Crippen LogP contribution in [0.25, 0.3) is 10.8 Å². The third-order valence-corrected chi connectivity index (χ3v) is 3.61. The maximum absolute atomic E-state index is 12.4. The topological polar surface area (TPSA) is 49.7 Å². The first kappa shape index (κ1) is 14.8. The van der Waals surface area contributed by atoms with Crippen molar-refractivity contribution in [2.24, 2.45) is 0 Å². The molecule has 0 unspecified atom stereocenters. The van der Waals surface area contributed by atoms with Crippen LogP contribution >= 0.6 is 0 Å². The first-order valence-electron chi connectivity index (χ1n) is 7.38.